The second-order valence-corrected chi connectivity index (χ2v) is 20.9. The Morgan fingerprint density at radius 2 is 0.887 bits per heavy atom. The maximum atomic E-state index is 6.99. The van der Waals surface area contributed by atoms with E-state index in [1.807, 2.05) is 30.3 Å². The summed E-state index contributed by atoms with van der Waals surface area (Å²) in [5.74, 6) is 5.10. The highest BCUT2D eigenvalue weighted by Gasteiger charge is 2.53. The Kier molecular flexibility index (Phi) is 8.02. The van der Waals surface area contributed by atoms with E-state index in [1.165, 1.54) is 26.7 Å². The Morgan fingerprint density at radius 3 is 1.52 bits per heavy atom. The Labute approximate surface area is 360 Å². The summed E-state index contributed by atoms with van der Waals surface area (Å²) in [5.41, 5.74) is 7.43. The van der Waals surface area contributed by atoms with Gasteiger partial charge in [0.15, 0.2) is 19.7 Å². The molecule has 1 unspecified atom stereocenters. The molecule has 7 heteroatoms. The molecule has 2 aromatic heterocycles. The SMILES string of the molecule is CC(C)(C)c1cccc(-c2ccc3c(c2)Oc2ccccc2[Si]32c3ccccc3Oc3cc(-c4nc(-c5ccccc5)nc(-n5c6ccccc6c6ccccc65)n4)ccc32)c1. The van der Waals surface area contributed by atoms with Crippen molar-refractivity contribution in [2.45, 2.75) is 26.2 Å². The summed E-state index contributed by atoms with van der Waals surface area (Å²) in [6.07, 6.45) is 0. The number of hydrogen-bond donors (Lipinski definition) is 0. The number of rotatable bonds is 4. The maximum Gasteiger partial charge on any atom is 0.238 e. The Morgan fingerprint density at radius 1 is 0.403 bits per heavy atom. The first-order valence-corrected chi connectivity index (χ1v) is 23.1. The monoisotopic (exact) mass is 816 g/mol. The lowest BCUT2D eigenvalue weighted by molar-refractivity contribution is 0.482. The first-order chi connectivity index (χ1) is 30.3. The Hall–Kier alpha value is -7.61. The number of aromatic nitrogens is 4. The first-order valence-electron chi connectivity index (χ1n) is 21.1. The van der Waals surface area contributed by atoms with Gasteiger partial charge < -0.3 is 9.47 Å². The van der Waals surface area contributed by atoms with Crippen molar-refractivity contribution in [1.82, 2.24) is 19.5 Å². The van der Waals surface area contributed by atoms with Gasteiger partial charge >= 0.3 is 0 Å². The van der Waals surface area contributed by atoms with Gasteiger partial charge in [0.1, 0.15) is 23.0 Å². The summed E-state index contributed by atoms with van der Waals surface area (Å²) in [7, 11) is -3.03. The Bertz CT molecular complexity index is 3360. The van der Waals surface area contributed by atoms with Crippen molar-refractivity contribution in [1.29, 1.82) is 0 Å². The van der Waals surface area contributed by atoms with Crippen LogP contribution in [0.25, 0.3) is 61.7 Å². The number of nitrogens with zero attached hydrogens (tertiary/aromatic N) is 4. The van der Waals surface area contributed by atoms with E-state index in [2.05, 4.69) is 183 Å². The molecule has 0 radical (unpaired) electrons. The minimum absolute atomic E-state index is 0.0298. The van der Waals surface area contributed by atoms with Gasteiger partial charge in [0, 0.05) is 21.9 Å². The van der Waals surface area contributed by atoms with Crippen molar-refractivity contribution in [3.8, 4) is 62.8 Å². The van der Waals surface area contributed by atoms with Crippen molar-refractivity contribution in [2.75, 3.05) is 0 Å². The van der Waals surface area contributed by atoms with Crippen molar-refractivity contribution >= 4 is 50.6 Å². The fourth-order valence-corrected chi connectivity index (χ4v) is 14.7. The average molecular weight is 817 g/mol. The molecule has 0 saturated carbocycles. The highest BCUT2D eigenvalue weighted by molar-refractivity contribution is 7.21. The van der Waals surface area contributed by atoms with Crippen LogP contribution in [0.2, 0.25) is 0 Å². The maximum absolute atomic E-state index is 6.99. The van der Waals surface area contributed by atoms with Gasteiger partial charge in [-0.1, -0.05) is 172 Å². The van der Waals surface area contributed by atoms with E-state index in [0.29, 0.717) is 17.6 Å². The molecule has 0 aliphatic carbocycles. The normalized spacial score (nSPS) is 15.0. The molecule has 2 aliphatic rings. The van der Waals surface area contributed by atoms with Crippen LogP contribution in [0.5, 0.6) is 23.0 Å². The average Bonchev–Trinajstić information content (AvgIpc) is 3.65. The standard InChI is InChI=1S/C55H40N4O2Si/c1-55(2,3)39-19-15-18-36(32-39)37-28-30-50-46(33-37)60-44-24-11-13-26-48(44)62(50)49-27-14-12-25-45(49)61-47-34-38(29-31-51(47)62)53-56-52(35-16-5-4-6-17-35)57-54(58-53)59-42-22-9-7-20-40(42)41-21-8-10-23-43(41)59/h4-34H,1-3H3. The van der Waals surface area contributed by atoms with E-state index < -0.39 is 8.07 Å². The Balaban J connectivity index is 1.07. The molecule has 8 aromatic carbocycles. The molecule has 2 aliphatic heterocycles. The molecular formula is C55H40N4O2Si. The van der Waals surface area contributed by atoms with Crippen LogP contribution >= 0.6 is 0 Å². The van der Waals surface area contributed by atoms with E-state index in [4.69, 9.17) is 24.4 Å². The van der Waals surface area contributed by atoms with Crippen LogP contribution < -0.4 is 30.2 Å². The van der Waals surface area contributed by atoms with Gasteiger partial charge in [-0.05, 0) is 79.3 Å². The van der Waals surface area contributed by atoms with Gasteiger partial charge in [0.05, 0.1) is 11.0 Å². The molecule has 10 aromatic rings. The highest BCUT2D eigenvalue weighted by atomic mass is 28.3. The molecule has 12 rings (SSSR count). The third kappa shape index (κ3) is 5.51. The molecule has 6 nitrogen and oxygen atoms in total. The molecule has 296 valence electrons. The lowest BCUT2D eigenvalue weighted by Gasteiger charge is -2.43. The van der Waals surface area contributed by atoms with Gasteiger partial charge in [0.25, 0.3) is 0 Å². The highest BCUT2D eigenvalue weighted by Crippen LogP contribution is 2.40. The second-order valence-electron chi connectivity index (χ2n) is 17.2. The molecule has 62 heavy (non-hydrogen) atoms. The minimum atomic E-state index is -3.03. The van der Waals surface area contributed by atoms with Crippen molar-refractivity contribution in [3.63, 3.8) is 0 Å². The lowest BCUT2D eigenvalue weighted by Crippen LogP contribution is -2.77. The minimum Gasteiger partial charge on any atom is -0.458 e. The molecule has 0 N–H and O–H groups in total. The largest absolute Gasteiger partial charge is 0.458 e. The summed E-state index contributed by atoms with van der Waals surface area (Å²) in [6.45, 7) is 6.77. The van der Waals surface area contributed by atoms with E-state index >= 15 is 0 Å². The van der Waals surface area contributed by atoms with E-state index in [1.54, 1.807) is 0 Å². The fourth-order valence-electron chi connectivity index (χ4n) is 9.60. The zero-order valence-electron chi connectivity index (χ0n) is 34.5. The third-order valence-electron chi connectivity index (χ3n) is 12.5. The quantitative estimate of drug-likeness (QED) is 0.166. The van der Waals surface area contributed by atoms with Crippen LogP contribution in [0.15, 0.2) is 188 Å². The number of para-hydroxylation sites is 4. The number of hydrogen-bond acceptors (Lipinski definition) is 5. The molecule has 0 fully saturated rings. The summed E-state index contributed by atoms with van der Waals surface area (Å²) in [4.78, 5) is 15.6. The molecule has 0 amide bonds. The van der Waals surface area contributed by atoms with E-state index in [-0.39, 0.29) is 5.41 Å². The number of ether oxygens (including phenoxy) is 2. The van der Waals surface area contributed by atoms with Crippen molar-refractivity contribution < 1.29 is 9.47 Å². The van der Waals surface area contributed by atoms with Crippen LogP contribution in [0.3, 0.4) is 0 Å². The summed E-state index contributed by atoms with van der Waals surface area (Å²) in [5, 5.41) is 7.02. The summed E-state index contributed by atoms with van der Waals surface area (Å²) >= 11 is 0. The zero-order chi connectivity index (χ0) is 41.6. The second kappa shape index (κ2) is 13.7. The molecule has 4 heterocycles. The first kappa shape index (κ1) is 36.3. The summed E-state index contributed by atoms with van der Waals surface area (Å²) < 4.78 is 16.1. The molecule has 0 saturated heterocycles. The third-order valence-corrected chi connectivity index (χ3v) is 17.4. The van der Waals surface area contributed by atoms with Gasteiger partial charge in [-0.3, -0.25) is 4.57 Å². The van der Waals surface area contributed by atoms with Crippen molar-refractivity contribution in [2.24, 2.45) is 0 Å². The molecule has 1 spiro atoms. The number of fused-ring (bicyclic) bond motifs is 11. The van der Waals surface area contributed by atoms with Crippen LogP contribution in [0.1, 0.15) is 26.3 Å². The lowest BCUT2D eigenvalue weighted by atomic mass is 9.85. The zero-order valence-corrected chi connectivity index (χ0v) is 35.5. The fraction of sp³-hybridized carbons (Fsp3) is 0.0727. The van der Waals surface area contributed by atoms with Crippen molar-refractivity contribution in [3.05, 3.63) is 194 Å². The van der Waals surface area contributed by atoms with Crippen LogP contribution in [-0.4, -0.2) is 27.6 Å². The number of benzene rings is 8. The molecular weight excluding hydrogens is 777 g/mol. The van der Waals surface area contributed by atoms with Gasteiger partial charge in [-0.15, -0.1) is 0 Å². The molecule has 0 bridgehead atoms. The topological polar surface area (TPSA) is 62.1 Å². The van der Waals surface area contributed by atoms with Crippen LogP contribution in [-0.2, 0) is 5.41 Å². The molecule has 1 atom stereocenters. The predicted octanol–water partition coefficient (Wildman–Crippen LogP) is 10.9. The smallest absolute Gasteiger partial charge is 0.238 e. The van der Waals surface area contributed by atoms with E-state index in [0.717, 1.165) is 66.7 Å². The van der Waals surface area contributed by atoms with E-state index in [9.17, 15) is 0 Å². The van der Waals surface area contributed by atoms with Crippen LogP contribution in [0.4, 0.5) is 0 Å². The van der Waals surface area contributed by atoms with Gasteiger partial charge in [0.2, 0.25) is 5.95 Å². The van der Waals surface area contributed by atoms with Crippen LogP contribution in [0, 0.1) is 0 Å². The van der Waals surface area contributed by atoms with Gasteiger partial charge in [-0.25, -0.2) is 4.98 Å². The predicted molar refractivity (Wildman–Crippen MR) is 253 cm³/mol. The summed E-state index contributed by atoms with van der Waals surface area (Å²) in [6, 6.07) is 66.3. The van der Waals surface area contributed by atoms with Gasteiger partial charge in [-0.2, -0.15) is 9.97 Å².